The lowest BCUT2D eigenvalue weighted by Crippen LogP contribution is -2.49. The van der Waals surface area contributed by atoms with Crippen molar-refractivity contribution in [3.63, 3.8) is 0 Å². The highest BCUT2D eigenvalue weighted by Gasteiger charge is 2.24. The van der Waals surface area contributed by atoms with E-state index >= 15 is 0 Å². The maximum atomic E-state index is 12.7. The van der Waals surface area contributed by atoms with Crippen LogP contribution in [0.2, 0.25) is 0 Å². The summed E-state index contributed by atoms with van der Waals surface area (Å²) in [6.45, 7) is 8.42. The summed E-state index contributed by atoms with van der Waals surface area (Å²) < 4.78 is 0. The van der Waals surface area contributed by atoms with Gasteiger partial charge in [0.2, 0.25) is 0 Å². The molecule has 0 saturated carbocycles. The van der Waals surface area contributed by atoms with Gasteiger partial charge in [0.15, 0.2) is 0 Å². The zero-order chi connectivity index (χ0) is 21.1. The Balaban J connectivity index is 1.42. The van der Waals surface area contributed by atoms with Crippen molar-refractivity contribution in [3.05, 3.63) is 65.5 Å². The molecular weight excluding hydrogens is 378 g/mol. The molecule has 0 bridgehead atoms. The smallest absolute Gasteiger partial charge is 0.274 e. The number of nitrogens with zero attached hydrogens (tertiary/aromatic N) is 6. The Bertz CT molecular complexity index is 1030. The molecule has 8 nitrogen and oxygen atoms in total. The molecule has 1 aliphatic rings. The van der Waals surface area contributed by atoms with Crippen LogP contribution in [-0.4, -0.2) is 56.9 Å². The lowest BCUT2D eigenvalue weighted by molar-refractivity contribution is 0.0740. The number of carbonyl (C=O) groups excluding carboxylic acids is 1. The summed E-state index contributed by atoms with van der Waals surface area (Å²) >= 11 is 0. The summed E-state index contributed by atoms with van der Waals surface area (Å²) in [5.41, 5.74) is 3.38. The zero-order valence-electron chi connectivity index (χ0n) is 17.5. The van der Waals surface area contributed by atoms with E-state index in [1.165, 1.54) is 5.56 Å². The number of benzene rings is 1. The van der Waals surface area contributed by atoms with Crippen molar-refractivity contribution < 1.29 is 4.79 Å². The molecule has 0 radical (unpaired) electrons. The second-order valence-corrected chi connectivity index (χ2v) is 7.47. The highest BCUT2D eigenvalue weighted by atomic mass is 16.2. The van der Waals surface area contributed by atoms with E-state index in [1.807, 2.05) is 36.9 Å². The third-order valence-corrected chi connectivity index (χ3v) is 5.04. The average molecular weight is 403 g/mol. The van der Waals surface area contributed by atoms with E-state index < -0.39 is 0 Å². The summed E-state index contributed by atoms with van der Waals surface area (Å²) in [6, 6.07) is 10.1. The van der Waals surface area contributed by atoms with Gasteiger partial charge in [0.05, 0.1) is 11.9 Å². The Morgan fingerprint density at radius 1 is 0.933 bits per heavy atom. The lowest BCUT2D eigenvalue weighted by Gasteiger charge is -2.35. The monoisotopic (exact) mass is 403 g/mol. The van der Waals surface area contributed by atoms with Crippen LogP contribution in [0.1, 0.15) is 27.6 Å². The predicted octanol–water partition coefficient (Wildman–Crippen LogP) is 2.90. The van der Waals surface area contributed by atoms with Crippen molar-refractivity contribution in [2.24, 2.45) is 0 Å². The molecule has 0 unspecified atom stereocenters. The number of amides is 1. The molecule has 3 heterocycles. The highest BCUT2D eigenvalue weighted by Crippen LogP contribution is 2.21. The van der Waals surface area contributed by atoms with Crippen molar-refractivity contribution in [2.75, 3.05) is 36.4 Å². The second kappa shape index (κ2) is 8.44. The van der Waals surface area contributed by atoms with Crippen LogP contribution in [0.15, 0.2) is 42.7 Å². The molecule has 8 heteroatoms. The molecule has 1 amide bonds. The Labute approximate surface area is 176 Å². The summed E-state index contributed by atoms with van der Waals surface area (Å²) in [5.74, 6) is 2.24. The van der Waals surface area contributed by atoms with Crippen molar-refractivity contribution in [1.82, 2.24) is 24.8 Å². The van der Waals surface area contributed by atoms with E-state index in [9.17, 15) is 4.79 Å². The van der Waals surface area contributed by atoms with Gasteiger partial charge in [0, 0.05) is 44.1 Å². The zero-order valence-corrected chi connectivity index (χ0v) is 17.5. The van der Waals surface area contributed by atoms with Crippen LogP contribution in [0.5, 0.6) is 0 Å². The van der Waals surface area contributed by atoms with Crippen LogP contribution in [-0.2, 0) is 0 Å². The fraction of sp³-hybridized carbons (Fsp3) is 0.318. The molecule has 30 heavy (non-hydrogen) atoms. The normalized spacial score (nSPS) is 14.0. The standard InChI is InChI=1S/C22H25N7O/c1-15-4-6-18(7-5-15)27-20-12-21(26-17(3)25-20)28-8-10-29(11-9-28)22(30)19-14-23-16(2)13-24-19/h4-7,12-14H,8-11H2,1-3H3,(H,25,26,27). The van der Waals surface area contributed by atoms with Crippen molar-refractivity contribution in [1.29, 1.82) is 0 Å². The number of nitrogens with one attached hydrogen (secondary N) is 1. The molecule has 4 rings (SSSR count). The topological polar surface area (TPSA) is 87.1 Å². The molecule has 154 valence electrons. The van der Waals surface area contributed by atoms with Gasteiger partial charge in [0.1, 0.15) is 23.2 Å². The van der Waals surface area contributed by atoms with E-state index in [0.29, 0.717) is 37.7 Å². The van der Waals surface area contributed by atoms with Gasteiger partial charge in [0.25, 0.3) is 5.91 Å². The third kappa shape index (κ3) is 4.53. The van der Waals surface area contributed by atoms with Crippen LogP contribution in [0.25, 0.3) is 0 Å². The molecule has 1 N–H and O–H groups in total. The molecule has 1 aliphatic heterocycles. The van der Waals surface area contributed by atoms with Gasteiger partial charge in [-0.2, -0.15) is 0 Å². The van der Waals surface area contributed by atoms with Crippen LogP contribution in [0.3, 0.4) is 0 Å². The average Bonchev–Trinajstić information content (AvgIpc) is 2.75. The number of aromatic nitrogens is 4. The maximum absolute atomic E-state index is 12.7. The quantitative estimate of drug-likeness (QED) is 0.717. The van der Waals surface area contributed by atoms with Crippen molar-refractivity contribution in [2.45, 2.75) is 20.8 Å². The summed E-state index contributed by atoms with van der Waals surface area (Å²) in [4.78, 5) is 34.1. The van der Waals surface area contributed by atoms with Gasteiger partial charge in [-0.3, -0.25) is 9.78 Å². The molecule has 0 atom stereocenters. The van der Waals surface area contributed by atoms with Crippen LogP contribution in [0.4, 0.5) is 17.3 Å². The number of hydrogen-bond acceptors (Lipinski definition) is 7. The van der Waals surface area contributed by atoms with E-state index in [2.05, 4.69) is 49.2 Å². The summed E-state index contributed by atoms with van der Waals surface area (Å²) in [7, 11) is 0. The minimum Gasteiger partial charge on any atom is -0.353 e. The van der Waals surface area contributed by atoms with Gasteiger partial charge in [-0.1, -0.05) is 17.7 Å². The molecule has 2 aromatic heterocycles. The predicted molar refractivity (Wildman–Crippen MR) is 116 cm³/mol. The Kier molecular flexibility index (Phi) is 5.56. The van der Waals surface area contributed by atoms with Crippen LogP contribution < -0.4 is 10.2 Å². The van der Waals surface area contributed by atoms with Gasteiger partial charge < -0.3 is 15.1 Å². The molecular formula is C22H25N7O. The van der Waals surface area contributed by atoms with Crippen molar-refractivity contribution in [3.8, 4) is 0 Å². The van der Waals surface area contributed by atoms with E-state index in [4.69, 9.17) is 0 Å². The van der Waals surface area contributed by atoms with Gasteiger partial charge in [-0.25, -0.2) is 15.0 Å². The number of carbonyl (C=O) groups is 1. The molecule has 1 fully saturated rings. The van der Waals surface area contributed by atoms with E-state index in [-0.39, 0.29) is 5.91 Å². The second-order valence-electron chi connectivity index (χ2n) is 7.47. The summed E-state index contributed by atoms with van der Waals surface area (Å²) in [5, 5.41) is 3.35. The molecule has 1 aromatic carbocycles. The Hall–Kier alpha value is -3.55. The van der Waals surface area contributed by atoms with Crippen molar-refractivity contribution >= 4 is 23.2 Å². The fourth-order valence-corrected chi connectivity index (χ4v) is 3.37. The fourth-order valence-electron chi connectivity index (χ4n) is 3.37. The van der Waals surface area contributed by atoms with Gasteiger partial charge >= 0.3 is 0 Å². The first-order chi connectivity index (χ1) is 14.5. The first-order valence-corrected chi connectivity index (χ1v) is 10.0. The first-order valence-electron chi connectivity index (χ1n) is 10.0. The first kappa shape index (κ1) is 19.8. The molecule has 0 aliphatic carbocycles. The highest BCUT2D eigenvalue weighted by molar-refractivity contribution is 5.92. The minimum atomic E-state index is -0.0808. The van der Waals surface area contributed by atoms with E-state index in [1.54, 1.807) is 12.4 Å². The molecule has 3 aromatic rings. The SMILES string of the molecule is Cc1ccc(Nc2cc(N3CCN(C(=O)c4cnc(C)cn4)CC3)nc(C)n2)cc1. The number of rotatable bonds is 4. The van der Waals surface area contributed by atoms with Crippen LogP contribution in [0, 0.1) is 20.8 Å². The maximum Gasteiger partial charge on any atom is 0.274 e. The minimum absolute atomic E-state index is 0.0808. The summed E-state index contributed by atoms with van der Waals surface area (Å²) in [6.07, 6.45) is 3.16. The number of aryl methyl sites for hydroxylation is 3. The lowest BCUT2D eigenvalue weighted by atomic mass is 10.2. The van der Waals surface area contributed by atoms with Gasteiger partial charge in [-0.05, 0) is 32.9 Å². The molecule has 1 saturated heterocycles. The number of hydrogen-bond donors (Lipinski definition) is 1. The van der Waals surface area contributed by atoms with E-state index in [0.717, 1.165) is 23.0 Å². The van der Waals surface area contributed by atoms with Gasteiger partial charge in [-0.15, -0.1) is 0 Å². The third-order valence-electron chi connectivity index (χ3n) is 5.04. The largest absolute Gasteiger partial charge is 0.353 e. The Morgan fingerprint density at radius 2 is 1.67 bits per heavy atom. The Morgan fingerprint density at radius 3 is 2.33 bits per heavy atom. The number of anilines is 3. The molecule has 0 spiro atoms. The van der Waals surface area contributed by atoms with Crippen LogP contribution >= 0.6 is 0 Å². The number of piperazine rings is 1.